The number of carbonyl (C=O) groups is 1. The summed E-state index contributed by atoms with van der Waals surface area (Å²) in [5.74, 6) is -0.164. The van der Waals surface area contributed by atoms with Crippen molar-refractivity contribution in [2.24, 2.45) is 5.73 Å². The third kappa shape index (κ3) is 2.46. The van der Waals surface area contributed by atoms with Crippen LogP contribution in [0.25, 0.3) is 0 Å². The molecule has 0 aromatic carbocycles. The first-order valence-corrected chi connectivity index (χ1v) is 6.44. The molecule has 2 rings (SSSR count). The number of rotatable bonds is 4. The van der Waals surface area contributed by atoms with Crippen LogP contribution in [0.2, 0.25) is 0 Å². The number of hydrogen-bond acceptors (Lipinski definition) is 4. The van der Waals surface area contributed by atoms with Crippen molar-refractivity contribution in [3.63, 3.8) is 0 Å². The molecule has 1 amide bonds. The maximum Gasteiger partial charge on any atom is 0.287 e. The number of nitro groups is 1. The van der Waals surface area contributed by atoms with E-state index in [0.29, 0.717) is 25.3 Å². The molecule has 7 nitrogen and oxygen atoms in total. The van der Waals surface area contributed by atoms with E-state index >= 15 is 0 Å². The van der Waals surface area contributed by atoms with Crippen molar-refractivity contribution < 1.29 is 9.72 Å². The Morgan fingerprint density at radius 2 is 2.37 bits per heavy atom. The van der Waals surface area contributed by atoms with E-state index in [1.165, 1.54) is 12.3 Å². The molecule has 19 heavy (non-hydrogen) atoms. The lowest BCUT2D eigenvalue weighted by atomic mass is 10.2. The Bertz CT molecular complexity index is 497. The first-order valence-electron chi connectivity index (χ1n) is 6.44. The molecule has 1 saturated heterocycles. The first kappa shape index (κ1) is 13.5. The van der Waals surface area contributed by atoms with Gasteiger partial charge in [0.2, 0.25) is 0 Å². The second kappa shape index (κ2) is 5.40. The minimum Gasteiger partial charge on any atom is -0.337 e. The van der Waals surface area contributed by atoms with E-state index in [9.17, 15) is 14.9 Å². The quantitative estimate of drug-likeness (QED) is 0.649. The van der Waals surface area contributed by atoms with E-state index in [2.05, 4.69) is 0 Å². The fraction of sp³-hybridized carbons (Fsp3) is 0.583. The lowest BCUT2D eigenvalue weighted by molar-refractivity contribution is -0.384. The molecule has 1 aliphatic heterocycles. The van der Waals surface area contributed by atoms with Crippen LogP contribution in [0.3, 0.4) is 0 Å². The van der Waals surface area contributed by atoms with Gasteiger partial charge in [-0.2, -0.15) is 0 Å². The summed E-state index contributed by atoms with van der Waals surface area (Å²) in [4.78, 5) is 24.5. The van der Waals surface area contributed by atoms with Crippen molar-refractivity contribution in [3.8, 4) is 0 Å². The van der Waals surface area contributed by atoms with Crippen LogP contribution in [0.5, 0.6) is 0 Å². The van der Waals surface area contributed by atoms with E-state index in [4.69, 9.17) is 5.73 Å². The fourth-order valence-corrected chi connectivity index (χ4v) is 2.53. The van der Waals surface area contributed by atoms with E-state index in [-0.39, 0.29) is 17.6 Å². The molecule has 1 fully saturated rings. The molecule has 0 aliphatic carbocycles. The van der Waals surface area contributed by atoms with Gasteiger partial charge in [0.05, 0.1) is 11.1 Å². The van der Waals surface area contributed by atoms with Gasteiger partial charge >= 0.3 is 0 Å². The molecule has 0 spiro atoms. The maximum atomic E-state index is 12.5. The molecule has 2 N–H and O–H groups in total. The number of hydrogen-bond donors (Lipinski definition) is 1. The number of likely N-dealkylation sites (tertiary alicyclic amines) is 1. The molecule has 1 unspecified atom stereocenters. The number of amides is 1. The van der Waals surface area contributed by atoms with Gasteiger partial charge in [-0.1, -0.05) is 0 Å². The van der Waals surface area contributed by atoms with Crippen LogP contribution in [0.15, 0.2) is 12.3 Å². The third-order valence-corrected chi connectivity index (χ3v) is 3.56. The largest absolute Gasteiger partial charge is 0.337 e. The Morgan fingerprint density at radius 3 is 2.95 bits per heavy atom. The van der Waals surface area contributed by atoms with Crippen molar-refractivity contribution in [3.05, 3.63) is 28.1 Å². The zero-order valence-electron chi connectivity index (χ0n) is 10.9. The molecule has 1 aromatic heterocycles. The van der Waals surface area contributed by atoms with Crippen LogP contribution in [0.4, 0.5) is 5.69 Å². The summed E-state index contributed by atoms with van der Waals surface area (Å²) < 4.78 is 1.62. The third-order valence-electron chi connectivity index (χ3n) is 3.56. The van der Waals surface area contributed by atoms with Crippen molar-refractivity contribution >= 4 is 11.6 Å². The van der Waals surface area contributed by atoms with Gasteiger partial charge in [0.15, 0.2) is 0 Å². The van der Waals surface area contributed by atoms with Crippen molar-refractivity contribution in [1.29, 1.82) is 0 Å². The minimum absolute atomic E-state index is 0.0475. The van der Waals surface area contributed by atoms with Crippen LogP contribution in [-0.4, -0.2) is 39.4 Å². The van der Waals surface area contributed by atoms with Gasteiger partial charge in [-0.25, -0.2) is 0 Å². The smallest absolute Gasteiger partial charge is 0.287 e. The summed E-state index contributed by atoms with van der Waals surface area (Å²) in [5, 5.41) is 10.8. The molecule has 1 aromatic rings. The number of carbonyl (C=O) groups excluding carboxylic acids is 1. The SMILES string of the molecule is CCn1cc([N+](=O)[O-])cc1C(=O)N1CCCC1CN. The summed E-state index contributed by atoms with van der Waals surface area (Å²) in [5.41, 5.74) is 5.98. The highest BCUT2D eigenvalue weighted by Gasteiger charge is 2.31. The predicted octanol–water partition coefficient (Wildman–Crippen LogP) is 0.979. The van der Waals surface area contributed by atoms with E-state index < -0.39 is 4.92 Å². The Hall–Kier alpha value is -1.89. The topological polar surface area (TPSA) is 94.4 Å². The Kier molecular flexibility index (Phi) is 3.84. The lowest BCUT2D eigenvalue weighted by Crippen LogP contribution is -2.40. The minimum atomic E-state index is -0.479. The standard InChI is InChI=1S/C12H18N4O3/c1-2-14-8-10(16(18)19)6-11(14)12(17)15-5-3-4-9(15)7-13/h6,8-9H,2-5,7,13H2,1H3. The van der Waals surface area contributed by atoms with Crippen molar-refractivity contribution in [2.75, 3.05) is 13.1 Å². The van der Waals surface area contributed by atoms with Crippen molar-refractivity contribution in [2.45, 2.75) is 32.4 Å². The van der Waals surface area contributed by atoms with Crippen LogP contribution in [0, 0.1) is 10.1 Å². The van der Waals surface area contributed by atoms with E-state index in [1.54, 1.807) is 9.47 Å². The van der Waals surface area contributed by atoms with Gasteiger partial charge in [-0.05, 0) is 19.8 Å². The molecule has 1 atom stereocenters. The average Bonchev–Trinajstić information content (AvgIpc) is 3.03. The monoisotopic (exact) mass is 266 g/mol. The molecule has 1 aliphatic rings. The van der Waals surface area contributed by atoms with Crippen molar-refractivity contribution in [1.82, 2.24) is 9.47 Å². The molecule has 104 valence electrons. The highest BCUT2D eigenvalue weighted by atomic mass is 16.6. The van der Waals surface area contributed by atoms with Gasteiger partial charge in [-0.15, -0.1) is 0 Å². The van der Waals surface area contributed by atoms with E-state index in [1.807, 2.05) is 6.92 Å². The highest BCUT2D eigenvalue weighted by molar-refractivity contribution is 5.94. The van der Waals surface area contributed by atoms with Gasteiger partial charge in [-0.3, -0.25) is 14.9 Å². The molecule has 0 saturated carbocycles. The normalized spacial score (nSPS) is 18.8. The first-order chi connectivity index (χ1) is 9.08. The average molecular weight is 266 g/mol. The number of aryl methyl sites for hydroxylation is 1. The summed E-state index contributed by atoms with van der Waals surface area (Å²) in [7, 11) is 0. The number of nitrogens with two attached hydrogens (primary N) is 1. The summed E-state index contributed by atoms with van der Waals surface area (Å²) >= 11 is 0. The van der Waals surface area contributed by atoms with Gasteiger partial charge < -0.3 is 15.2 Å². The van der Waals surface area contributed by atoms with E-state index in [0.717, 1.165) is 12.8 Å². The summed E-state index contributed by atoms with van der Waals surface area (Å²) in [6, 6.07) is 1.39. The Morgan fingerprint density at radius 1 is 1.63 bits per heavy atom. The van der Waals surface area contributed by atoms with Gasteiger partial charge in [0, 0.05) is 31.7 Å². The predicted molar refractivity (Wildman–Crippen MR) is 69.9 cm³/mol. The second-order valence-corrected chi connectivity index (χ2v) is 4.66. The van der Waals surface area contributed by atoms with Crippen LogP contribution < -0.4 is 5.73 Å². The zero-order chi connectivity index (χ0) is 14.0. The lowest BCUT2D eigenvalue weighted by Gasteiger charge is -2.23. The second-order valence-electron chi connectivity index (χ2n) is 4.66. The molecular weight excluding hydrogens is 248 g/mol. The zero-order valence-corrected chi connectivity index (χ0v) is 10.9. The van der Waals surface area contributed by atoms with Crippen LogP contribution in [-0.2, 0) is 6.54 Å². The van der Waals surface area contributed by atoms with Crippen LogP contribution in [0.1, 0.15) is 30.3 Å². The molecule has 0 radical (unpaired) electrons. The molecular formula is C12H18N4O3. The maximum absolute atomic E-state index is 12.5. The molecule has 7 heteroatoms. The highest BCUT2D eigenvalue weighted by Crippen LogP contribution is 2.23. The summed E-state index contributed by atoms with van der Waals surface area (Å²) in [6.07, 6.45) is 3.24. The van der Waals surface area contributed by atoms with Gasteiger partial charge in [0.25, 0.3) is 11.6 Å². The molecule has 2 heterocycles. The summed E-state index contributed by atoms with van der Waals surface area (Å²) in [6.45, 7) is 3.48. The van der Waals surface area contributed by atoms with Crippen LogP contribution >= 0.6 is 0 Å². The van der Waals surface area contributed by atoms with Gasteiger partial charge in [0.1, 0.15) is 5.69 Å². The number of nitrogens with zero attached hydrogens (tertiary/aromatic N) is 3. The Labute approximate surface area is 111 Å². The fourth-order valence-electron chi connectivity index (χ4n) is 2.53. The number of aromatic nitrogens is 1. The molecule has 0 bridgehead atoms. The Balaban J connectivity index is 2.30.